The third kappa shape index (κ3) is 3.57. The first-order valence-corrected chi connectivity index (χ1v) is 7.13. The molecule has 19 heavy (non-hydrogen) atoms. The second-order valence-corrected chi connectivity index (χ2v) is 5.62. The van der Waals surface area contributed by atoms with Crippen LogP contribution in [-0.2, 0) is 0 Å². The van der Waals surface area contributed by atoms with E-state index in [-0.39, 0.29) is 5.91 Å². The van der Waals surface area contributed by atoms with Crippen molar-refractivity contribution in [3.8, 4) is 0 Å². The maximum Gasteiger partial charge on any atom is 0.251 e. The van der Waals surface area contributed by atoms with Gasteiger partial charge in [-0.05, 0) is 70.0 Å². The van der Waals surface area contributed by atoms with Crippen molar-refractivity contribution >= 4 is 5.91 Å². The lowest BCUT2D eigenvalue weighted by molar-refractivity contribution is 0.0950. The molecule has 1 unspecified atom stereocenters. The van der Waals surface area contributed by atoms with Gasteiger partial charge in [0.25, 0.3) is 5.91 Å². The Kier molecular flexibility index (Phi) is 4.59. The summed E-state index contributed by atoms with van der Waals surface area (Å²) in [7, 11) is 2.17. The Bertz CT molecular complexity index is 456. The maximum atomic E-state index is 12.0. The van der Waals surface area contributed by atoms with E-state index < -0.39 is 0 Å². The molecule has 1 heterocycles. The molecule has 1 aliphatic rings. The summed E-state index contributed by atoms with van der Waals surface area (Å²) < 4.78 is 0. The van der Waals surface area contributed by atoms with Crippen molar-refractivity contribution < 1.29 is 4.79 Å². The summed E-state index contributed by atoms with van der Waals surface area (Å²) >= 11 is 0. The molecule has 2 rings (SSSR count). The number of benzene rings is 1. The fourth-order valence-electron chi connectivity index (χ4n) is 2.68. The SMILES string of the molecule is Cc1ccc(C(=O)NCCC2CCCN2C)cc1C. The Morgan fingerprint density at radius 2 is 2.16 bits per heavy atom. The lowest BCUT2D eigenvalue weighted by Crippen LogP contribution is -2.31. The van der Waals surface area contributed by atoms with E-state index in [0.717, 1.165) is 18.5 Å². The fourth-order valence-corrected chi connectivity index (χ4v) is 2.68. The summed E-state index contributed by atoms with van der Waals surface area (Å²) in [4.78, 5) is 14.4. The van der Waals surface area contributed by atoms with E-state index >= 15 is 0 Å². The first-order chi connectivity index (χ1) is 9.08. The molecular formula is C16H24N2O. The molecule has 1 aromatic rings. The smallest absolute Gasteiger partial charge is 0.251 e. The van der Waals surface area contributed by atoms with E-state index in [1.165, 1.54) is 30.5 Å². The Labute approximate surface area is 116 Å². The van der Waals surface area contributed by atoms with Crippen LogP contribution in [-0.4, -0.2) is 37.0 Å². The number of nitrogens with one attached hydrogen (secondary N) is 1. The van der Waals surface area contributed by atoms with Crippen LogP contribution in [0.4, 0.5) is 0 Å². The van der Waals surface area contributed by atoms with Crippen molar-refractivity contribution in [1.82, 2.24) is 10.2 Å². The van der Waals surface area contributed by atoms with Crippen LogP contribution in [0.1, 0.15) is 40.7 Å². The highest BCUT2D eigenvalue weighted by molar-refractivity contribution is 5.94. The van der Waals surface area contributed by atoms with Gasteiger partial charge in [0.2, 0.25) is 0 Å². The summed E-state index contributed by atoms with van der Waals surface area (Å²) in [6.07, 6.45) is 3.59. The van der Waals surface area contributed by atoms with Crippen molar-refractivity contribution in [1.29, 1.82) is 0 Å². The molecule has 3 nitrogen and oxygen atoms in total. The second-order valence-electron chi connectivity index (χ2n) is 5.62. The predicted molar refractivity (Wildman–Crippen MR) is 78.5 cm³/mol. The average Bonchev–Trinajstić information content (AvgIpc) is 2.78. The lowest BCUT2D eigenvalue weighted by Gasteiger charge is -2.19. The van der Waals surface area contributed by atoms with Crippen LogP contribution in [0.3, 0.4) is 0 Å². The summed E-state index contributed by atoms with van der Waals surface area (Å²) in [5.41, 5.74) is 3.16. The maximum absolute atomic E-state index is 12.0. The van der Waals surface area contributed by atoms with Crippen LogP contribution in [0.25, 0.3) is 0 Å². The van der Waals surface area contributed by atoms with Crippen molar-refractivity contribution in [2.24, 2.45) is 0 Å². The topological polar surface area (TPSA) is 32.3 Å². The zero-order valence-electron chi connectivity index (χ0n) is 12.2. The van der Waals surface area contributed by atoms with Crippen LogP contribution in [0.2, 0.25) is 0 Å². The molecule has 104 valence electrons. The minimum Gasteiger partial charge on any atom is -0.352 e. The van der Waals surface area contributed by atoms with Crippen LogP contribution in [0.5, 0.6) is 0 Å². The summed E-state index contributed by atoms with van der Waals surface area (Å²) in [5, 5.41) is 3.03. The Morgan fingerprint density at radius 1 is 1.37 bits per heavy atom. The Hall–Kier alpha value is -1.35. The molecule has 1 aromatic carbocycles. The number of hydrogen-bond acceptors (Lipinski definition) is 2. The first-order valence-electron chi connectivity index (χ1n) is 7.13. The molecule has 1 N–H and O–H groups in total. The van der Waals surface area contributed by atoms with Gasteiger partial charge in [-0.25, -0.2) is 0 Å². The third-order valence-corrected chi connectivity index (χ3v) is 4.20. The quantitative estimate of drug-likeness (QED) is 0.902. The van der Waals surface area contributed by atoms with Crippen molar-refractivity contribution in [3.05, 3.63) is 34.9 Å². The number of likely N-dealkylation sites (tertiary alicyclic amines) is 1. The molecule has 1 fully saturated rings. The molecule has 0 aromatic heterocycles. The first kappa shape index (κ1) is 14.1. The van der Waals surface area contributed by atoms with Gasteiger partial charge in [-0.15, -0.1) is 0 Å². The van der Waals surface area contributed by atoms with Crippen molar-refractivity contribution in [2.45, 2.75) is 39.2 Å². The molecule has 1 atom stereocenters. The number of rotatable bonds is 4. The summed E-state index contributed by atoms with van der Waals surface area (Å²) in [6.45, 7) is 6.06. The van der Waals surface area contributed by atoms with E-state index in [2.05, 4.69) is 24.2 Å². The van der Waals surface area contributed by atoms with E-state index in [4.69, 9.17) is 0 Å². The van der Waals surface area contributed by atoms with Gasteiger partial charge in [-0.2, -0.15) is 0 Å². The van der Waals surface area contributed by atoms with Crippen LogP contribution in [0.15, 0.2) is 18.2 Å². The lowest BCUT2D eigenvalue weighted by atomic mass is 10.1. The largest absolute Gasteiger partial charge is 0.352 e. The van der Waals surface area contributed by atoms with Gasteiger partial charge in [-0.1, -0.05) is 6.07 Å². The van der Waals surface area contributed by atoms with E-state index in [0.29, 0.717) is 6.04 Å². The highest BCUT2D eigenvalue weighted by atomic mass is 16.1. The molecule has 1 amide bonds. The summed E-state index contributed by atoms with van der Waals surface area (Å²) in [6, 6.07) is 6.51. The van der Waals surface area contributed by atoms with Gasteiger partial charge in [0, 0.05) is 18.2 Å². The molecule has 3 heteroatoms. The standard InChI is InChI=1S/C16H24N2O/c1-12-6-7-14(11-13(12)2)16(19)17-9-8-15-5-4-10-18(15)3/h6-7,11,15H,4-5,8-10H2,1-3H3,(H,17,19). The minimum absolute atomic E-state index is 0.0451. The predicted octanol–water partition coefficient (Wildman–Crippen LogP) is 2.52. The van der Waals surface area contributed by atoms with Crippen LogP contribution in [0, 0.1) is 13.8 Å². The fraction of sp³-hybridized carbons (Fsp3) is 0.562. The molecule has 0 spiro atoms. The number of hydrogen-bond donors (Lipinski definition) is 1. The van der Waals surface area contributed by atoms with Crippen LogP contribution >= 0.6 is 0 Å². The zero-order chi connectivity index (χ0) is 13.8. The molecule has 1 saturated heterocycles. The highest BCUT2D eigenvalue weighted by Crippen LogP contribution is 2.17. The van der Waals surface area contributed by atoms with Crippen molar-refractivity contribution in [2.75, 3.05) is 20.1 Å². The number of carbonyl (C=O) groups is 1. The van der Waals surface area contributed by atoms with Crippen molar-refractivity contribution in [3.63, 3.8) is 0 Å². The Morgan fingerprint density at radius 3 is 2.79 bits per heavy atom. The van der Waals surface area contributed by atoms with Gasteiger partial charge < -0.3 is 10.2 Å². The second kappa shape index (κ2) is 6.20. The number of aryl methyl sites for hydroxylation is 2. The number of amides is 1. The van der Waals surface area contributed by atoms with Gasteiger partial charge in [0.1, 0.15) is 0 Å². The van der Waals surface area contributed by atoms with Gasteiger partial charge in [0.05, 0.1) is 0 Å². The molecule has 0 bridgehead atoms. The third-order valence-electron chi connectivity index (χ3n) is 4.20. The van der Waals surface area contributed by atoms with E-state index in [1.807, 2.05) is 25.1 Å². The normalized spacial score (nSPS) is 19.6. The molecule has 0 radical (unpaired) electrons. The molecule has 1 aliphatic heterocycles. The summed E-state index contributed by atoms with van der Waals surface area (Å²) in [5.74, 6) is 0.0451. The molecular weight excluding hydrogens is 236 g/mol. The number of carbonyl (C=O) groups excluding carboxylic acids is 1. The van der Waals surface area contributed by atoms with Gasteiger partial charge in [0.15, 0.2) is 0 Å². The number of nitrogens with zero attached hydrogens (tertiary/aromatic N) is 1. The Balaban J connectivity index is 1.82. The van der Waals surface area contributed by atoms with E-state index in [9.17, 15) is 4.79 Å². The van der Waals surface area contributed by atoms with Gasteiger partial charge in [-0.3, -0.25) is 4.79 Å². The van der Waals surface area contributed by atoms with E-state index in [1.54, 1.807) is 0 Å². The zero-order valence-corrected chi connectivity index (χ0v) is 12.2. The molecule has 0 aliphatic carbocycles. The highest BCUT2D eigenvalue weighted by Gasteiger charge is 2.20. The molecule has 0 saturated carbocycles. The minimum atomic E-state index is 0.0451. The van der Waals surface area contributed by atoms with Gasteiger partial charge >= 0.3 is 0 Å². The van der Waals surface area contributed by atoms with Crippen LogP contribution < -0.4 is 5.32 Å². The monoisotopic (exact) mass is 260 g/mol. The average molecular weight is 260 g/mol.